The van der Waals surface area contributed by atoms with Crippen molar-refractivity contribution in [1.29, 1.82) is 0 Å². The third-order valence-electron chi connectivity index (χ3n) is 7.31. The molecule has 0 unspecified atom stereocenters. The molecule has 0 bridgehead atoms. The lowest BCUT2D eigenvalue weighted by Gasteiger charge is -2.28. The highest BCUT2D eigenvalue weighted by Gasteiger charge is 2.41. The molecule has 1 fully saturated rings. The van der Waals surface area contributed by atoms with Crippen LogP contribution in [0.1, 0.15) is 41.1 Å². The van der Waals surface area contributed by atoms with Gasteiger partial charge in [-0.1, -0.05) is 6.07 Å². The first-order valence-corrected chi connectivity index (χ1v) is 13.4. The van der Waals surface area contributed by atoms with E-state index in [1.807, 2.05) is 36.4 Å². The van der Waals surface area contributed by atoms with Gasteiger partial charge in [0.25, 0.3) is 0 Å². The Labute approximate surface area is 236 Å². The van der Waals surface area contributed by atoms with Crippen molar-refractivity contribution in [3.63, 3.8) is 0 Å². The zero-order valence-electron chi connectivity index (χ0n) is 22.1. The monoisotopic (exact) mass is 557 g/mol. The predicted molar refractivity (Wildman–Crippen MR) is 153 cm³/mol. The lowest BCUT2D eigenvalue weighted by atomic mass is 9.96. The summed E-state index contributed by atoms with van der Waals surface area (Å²) in [7, 11) is 0. The first-order chi connectivity index (χ1) is 19.4. The number of halogens is 1. The van der Waals surface area contributed by atoms with Crippen LogP contribution in [0.15, 0.2) is 72.9 Å². The molecule has 0 saturated carbocycles. The van der Waals surface area contributed by atoms with E-state index in [0.717, 1.165) is 39.8 Å². The molecule has 2 aliphatic heterocycles. The van der Waals surface area contributed by atoms with Gasteiger partial charge in [0.15, 0.2) is 16.6 Å². The highest BCUT2D eigenvalue weighted by atomic mass is 32.1. The van der Waals surface area contributed by atoms with Crippen molar-refractivity contribution in [3.05, 3.63) is 101 Å². The van der Waals surface area contributed by atoms with Crippen molar-refractivity contribution in [2.45, 2.75) is 32.4 Å². The van der Waals surface area contributed by atoms with E-state index < -0.39 is 0 Å². The summed E-state index contributed by atoms with van der Waals surface area (Å²) in [5, 5.41) is 6.85. The standard InChI is InChI=1S/C30H28FN5O3S/c1-18-15-23(19(2)36(18)22-10-11-25-26(16-22)39-17-38-25)29-28(24-5-3-4-13-32-24)34-30(40)35(29)14-12-27(37)33-21-8-6-20(31)7-9-21/h3-11,13,15-16,28-29H,12,14,17H2,1-2H3,(H,33,37)(H,34,40)/t28-,29-/m1/s1. The van der Waals surface area contributed by atoms with Gasteiger partial charge < -0.3 is 29.6 Å². The molecular weight excluding hydrogens is 529 g/mol. The second-order valence-corrected chi connectivity index (χ2v) is 10.2. The van der Waals surface area contributed by atoms with Crippen molar-refractivity contribution in [2.24, 2.45) is 0 Å². The van der Waals surface area contributed by atoms with Crippen LogP contribution >= 0.6 is 12.2 Å². The highest BCUT2D eigenvalue weighted by molar-refractivity contribution is 7.80. The van der Waals surface area contributed by atoms with Gasteiger partial charge in [-0.25, -0.2) is 4.39 Å². The minimum absolute atomic E-state index is 0.180. The second-order valence-electron chi connectivity index (χ2n) is 9.82. The quantitative estimate of drug-likeness (QED) is 0.296. The number of hydrogen-bond donors (Lipinski definition) is 2. The molecule has 1 amide bonds. The zero-order valence-corrected chi connectivity index (χ0v) is 22.9. The average Bonchev–Trinajstić information content (AvgIpc) is 3.63. The fourth-order valence-electron chi connectivity index (χ4n) is 5.47. The number of ether oxygens (including phenoxy) is 2. The smallest absolute Gasteiger partial charge is 0.231 e. The fourth-order valence-corrected chi connectivity index (χ4v) is 5.80. The maximum absolute atomic E-state index is 13.3. The van der Waals surface area contributed by atoms with E-state index in [2.05, 4.69) is 45.0 Å². The number of anilines is 1. The first kappa shape index (κ1) is 25.8. The van der Waals surface area contributed by atoms with Gasteiger partial charge in [-0.05, 0) is 86.2 Å². The molecule has 6 rings (SSSR count). The van der Waals surface area contributed by atoms with Crippen LogP contribution in [0, 0.1) is 19.7 Å². The van der Waals surface area contributed by atoms with Gasteiger partial charge in [0.1, 0.15) is 5.82 Å². The SMILES string of the molecule is Cc1cc([C@@H]2[C@@H](c3ccccn3)NC(=S)N2CCC(=O)Nc2ccc(F)cc2)c(C)n1-c1ccc2c(c1)OCO2. The molecule has 8 nitrogen and oxygen atoms in total. The van der Waals surface area contributed by atoms with Crippen LogP contribution in [0.3, 0.4) is 0 Å². The van der Waals surface area contributed by atoms with E-state index in [0.29, 0.717) is 17.3 Å². The highest BCUT2D eigenvalue weighted by Crippen LogP contribution is 2.42. The zero-order chi connectivity index (χ0) is 27.8. The third-order valence-corrected chi connectivity index (χ3v) is 7.66. The Balaban J connectivity index is 1.32. The molecule has 40 heavy (non-hydrogen) atoms. The molecule has 4 heterocycles. The number of aromatic nitrogens is 2. The normalized spacial score (nSPS) is 17.7. The number of hydrogen-bond acceptors (Lipinski definition) is 5. The van der Waals surface area contributed by atoms with Crippen molar-refractivity contribution in [2.75, 3.05) is 18.7 Å². The van der Waals surface area contributed by atoms with Crippen LogP contribution in [0.25, 0.3) is 5.69 Å². The summed E-state index contributed by atoms with van der Waals surface area (Å²) in [4.78, 5) is 19.5. The Hall–Kier alpha value is -4.44. The van der Waals surface area contributed by atoms with Gasteiger partial charge in [-0.15, -0.1) is 0 Å². The maximum Gasteiger partial charge on any atom is 0.231 e. The summed E-state index contributed by atoms with van der Waals surface area (Å²) in [5.74, 6) is 0.918. The number of thiocarbonyl (C=S) groups is 1. The number of carbonyl (C=O) groups excluding carboxylic acids is 1. The summed E-state index contributed by atoms with van der Waals surface area (Å²) < 4.78 is 26.6. The Morgan fingerprint density at radius 2 is 1.90 bits per heavy atom. The molecule has 1 saturated heterocycles. The summed E-state index contributed by atoms with van der Waals surface area (Å²) in [5.41, 5.74) is 5.56. The first-order valence-electron chi connectivity index (χ1n) is 13.0. The van der Waals surface area contributed by atoms with Gasteiger partial charge in [-0.2, -0.15) is 0 Å². The Morgan fingerprint density at radius 1 is 1.10 bits per heavy atom. The summed E-state index contributed by atoms with van der Waals surface area (Å²) in [6.07, 6.45) is 1.97. The van der Waals surface area contributed by atoms with E-state index >= 15 is 0 Å². The van der Waals surface area contributed by atoms with E-state index in [9.17, 15) is 9.18 Å². The van der Waals surface area contributed by atoms with Crippen LogP contribution in [-0.2, 0) is 4.79 Å². The van der Waals surface area contributed by atoms with E-state index in [1.54, 1.807) is 18.3 Å². The summed E-state index contributed by atoms with van der Waals surface area (Å²) >= 11 is 5.80. The third kappa shape index (κ3) is 4.86. The van der Waals surface area contributed by atoms with Gasteiger partial charge in [0.05, 0.1) is 17.8 Å². The number of rotatable bonds is 7. The number of aryl methyl sites for hydroxylation is 1. The second kappa shape index (κ2) is 10.6. The molecule has 2 atom stereocenters. The number of pyridine rings is 1. The lowest BCUT2D eigenvalue weighted by Crippen LogP contribution is -2.32. The van der Waals surface area contributed by atoms with Gasteiger partial charge >= 0.3 is 0 Å². The molecule has 2 aromatic heterocycles. The number of amides is 1. The molecule has 4 aromatic rings. The van der Waals surface area contributed by atoms with Crippen molar-refractivity contribution in [1.82, 2.24) is 19.8 Å². The number of nitrogens with zero attached hydrogens (tertiary/aromatic N) is 3. The van der Waals surface area contributed by atoms with Crippen LogP contribution in [0.4, 0.5) is 10.1 Å². The van der Waals surface area contributed by atoms with E-state index in [1.165, 1.54) is 12.1 Å². The maximum atomic E-state index is 13.3. The van der Waals surface area contributed by atoms with Gasteiger partial charge in [0.2, 0.25) is 12.7 Å². The lowest BCUT2D eigenvalue weighted by molar-refractivity contribution is -0.116. The van der Waals surface area contributed by atoms with E-state index in [-0.39, 0.29) is 37.0 Å². The van der Waals surface area contributed by atoms with E-state index in [4.69, 9.17) is 21.7 Å². The summed E-state index contributed by atoms with van der Waals surface area (Å²) in [6.45, 7) is 4.76. The molecular formula is C30H28FN5O3S. The largest absolute Gasteiger partial charge is 0.454 e. The predicted octanol–water partition coefficient (Wildman–Crippen LogP) is 5.36. The molecule has 0 radical (unpaired) electrons. The fraction of sp³-hybridized carbons (Fsp3) is 0.233. The molecule has 10 heteroatoms. The molecule has 2 N–H and O–H groups in total. The average molecular weight is 558 g/mol. The van der Waals surface area contributed by atoms with Crippen molar-refractivity contribution >= 4 is 28.9 Å². The van der Waals surface area contributed by atoms with Crippen LogP contribution < -0.4 is 20.1 Å². The topological polar surface area (TPSA) is 80.7 Å². The van der Waals surface area contributed by atoms with Crippen LogP contribution in [-0.4, -0.2) is 38.8 Å². The van der Waals surface area contributed by atoms with Gasteiger partial charge in [0, 0.05) is 48.0 Å². The number of benzene rings is 2. The minimum atomic E-state index is -0.353. The molecule has 2 aromatic carbocycles. The Morgan fingerprint density at radius 3 is 2.67 bits per heavy atom. The van der Waals surface area contributed by atoms with Crippen LogP contribution in [0.2, 0.25) is 0 Å². The van der Waals surface area contributed by atoms with Crippen molar-refractivity contribution < 1.29 is 18.7 Å². The number of fused-ring (bicyclic) bond motifs is 1. The molecule has 2 aliphatic rings. The summed E-state index contributed by atoms with van der Waals surface area (Å²) in [6, 6.07) is 19.2. The number of nitrogens with one attached hydrogen (secondary N) is 2. The molecule has 0 spiro atoms. The minimum Gasteiger partial charge on any atom is -0.454 e. The Kier molecular flexibility index (Phi) is 6.85. The van der Waals surface area contributed by atoms with Crippen molar-refractivity contribution in [3.8, 4) is 17.2 Å². The van der Waals surface area contributed by atoms with Gasteiger partial charge in [-0.3, -0.25) is 9.78 Å². The Bertz CT molecular complexity index is 1570. The van der Waals surface area contributed by atoms with Crippen LogP contribution in [0.5, 0.6) is 11.5 Å². The molecule has 0 aliphatic carbocycles. The molecule has 204 valence electrons. The number of carbonyl (C=O) groups is 1.